The van der Waals surface area contributed by atoms with Crippen LogP contribution in [0.2, 0.25) is 5.04 Å². The molecule has 0 saturated carbocycles. The van der Waals surface area contributed by atoms with Crippen LogP contribution in [0.15, 0.2) is 60.7 Å². The Kier molecular flexibility index (Phi) is 13.3. The van der Waals surface area contributed by atoms with E-state index in [4.69, 9.17) is 47.1 Å². The van der Waals surface area contributed by atoms with Crippen LogP contribution in [0.4, 0.5) is 4.39 Å². The van der Waals surface area contributed by atoms with Gasteiger partial charge in [0.25, 0.3) is 8.32 Å². The summed E-state index contributed by atoms with van der Waals surface area (Å²) in [5, 5.41) is 2.05. The number of ether oxygens (including phenoxy) is 9. The molecular weight excluding hydrogens is 615 g/mol. The fourth-order valence-corrected chi connectivity index (χ4v) is 11.5. The van der Waals surface area contributed by atoms with Crippen LogP contribution in [0.3, 0.4) is 0 Å². The Morgan fingerprint density at radius 2 is 1.02 bits per heavy atom. The fraction of sp³-hybridized carbons (Fsp3) is 0.647. The van der Waals surface area contributed by atoms with Gasteiger partial charge in [-0.1, -0.05) is 81.4 Å². The Labute approximate surface area is 273 Å². The number of hydrogen-bond acceptors (Lipinski definition) is 10. The van der Waals surface area contributed by atoms with Crippen LogP contribution in [-0.2, 0) is 47.1 Å². The van der Waals surface area contributed by atoms with Crippen LogP contribution in [0.25, 0.3) is 0 Å². The quantitative estimate of drug-likeness (QED) is 0.280. The molecule has 0 radical (unpaired) electrons. The molecule has 2 saturated heterocycles. The SMILES string of the molecule is CO[C@@H]1[C@H](OC)[C@@H](OC[C@H]2O[C@H](F)[C@@H](OC)[C@@H](OC)[C@@H]2OC)O[C@H](CO[Si](c2ccccc2)(c2ccccc2)C(C)(C)C)[C@H]1OC. The molecule has 2 heterocycles. The van der Waals surface area contributed by atoms with Crippen molar-refractivity contribution in [3.8, 4) is 0 Å². The molecule has 2 aromatic rings. The number of methoxy groups -OCH3 is 6. The van der Waals surface area contributed by atoms with Gasteiger partial charge in [0.1, 0.15) is 48.8 Å². The number of benzene rings is 2. The van der Waals surface area contributed by atoms with Crippen molar-refractivity contribution in [1.29, 1.82) is 0 Å². The molecule has 0 aliphatic carbocycles. The van der Waals surface area contributed by atoms with E-state index in [0.717, 1.165) is 10.4 Å². The number of halogens is 1. The zero-order chi connectivity index (χ0) is 33.5. The number of rotatable bonds is 14. The third-order valence-electron chi connectivity index (χ3n) is 9.11. The minimum atomic E-state index is -2.90. The van der Waals surface area contributed by atoms with Crippen LogP contribution in [0, 0.1) is 0 Å². The second kappa shape index (κ2) is 16.5. The van der Waals surface area contributed by atoms with Gasteiger partial charge in [-0.05, 0) is 15.4 Å². The van der Waals surface area contributed by atoms with E-state index in [-0.39, 0.29) is 18.3 Å². The molecule has 2 aromatic carbocycles. The minimum Gasteiger partial charge on any atom is -0.405 e. The molecule has 4 rings (SSSR count). The molecule has 0 N–H and O–H groups in total. The van der Waals surface area contributed by atoms with Gasteiger partial charge in [-0.2, -0.15) is 0 Å². The van der Waals surface area contributed by atoms with Crippen molar-refractivity contribution < 1.29 is 51.4 Å². The van der Waals surface area contributed by atoms with Gasteiger partial charge in [0.05, 0.1) is 13.2 Å². The minimum absolute atomic E-state index is 0.0733. The van der Waals surface area contributed by atoms with Crippen molar-refractivity contribution >= 4 is 18.7 Å². The largest absolute Gasteiger partial charge is 0.405 e. The standard InChI is InChI=1S/C34H51FO10Si/c1-34(2,3)46(22-16-12-10-13-17-22,23-18-14-11-15-19-23)43-21-25-27(37-5)29(39-7)31(41-9)33(45-25)42-20-24-26(36-4)28(38-6)30(40-8)32(35)44-24/h10-19,24-33H,20-21H2,1-9H3/t24-,25-,26-,27-,28+,29+,30+,31+,32+,33+/m1/s1. The second-order valence-corrected chi connectivity index (χ2v) is 16.9. The fourth-order valence-electron chi connectivity index (χ4n) is 6.91. The predicted molar refractivity (Wildman–Crippen MR) is 173 cm³/mol. The van der Waals surface area contributed by atoms with Gasteiger partial charge in [0, 0.05) is 42.7 Å². The van der Waals surface area contributed by atoms with E-state index >= 15 is 0 Å². The topological polar surface area (TPSA) is 92.3 Å². The molecule has 0 aromatic heterocycles. The van der Waals surface area contributed by atoms with Gasteiger partial charge in [-0.25, -0.2) is 4.39 Å². The van der Waals surface area contributed by atoms with E-state index in [1.807, 2.05) is 36.4 Å². The van der Waals surface area contributed by atoms with E-state index in [0.29, 0.717) is 0 Å². The maximum Gasteiger partial charge on any atom is 0.261 e. The lowest BCUT2D eigenvalue weighted by Crippen LogP contribution is -2.68. The highest BCUT2D eigenvalue weighted by molar-refractivity contribution is 6.99. The molecule has 0 bridgehead atoms. The monoisotopic (exact) mass is 666 g/mol. The van der Waals surface area contributed by atoms with Crippen LogP contribution in [0.5, 0.6) is 0 Å². The summed E-state index contributed by atoms with van der Waals surface area (Å²) in [5.74, 6) is 0. The van der Waals surface area contributed by atoms with Crippen LogP contribution >= 0.6 is 0 Å². The van der Waals surface area contributed by atoms with Crippen LogP contribution in [-0.4, -0.2) is 126 Å². The highest BCUT2D eigenvalue weighted by atomic mass is 28.4. The molecule has 46 heavy (non-hydrogen) atoms. The number of hydrogen-bond donors (Lipinski definition) is 0. The Morgan fingerprint density at radius 1 is 0.587 bits per heavy atom. The third kappa shape index (κ3) is 7.42. The summed E-state index contributed by atoms with van der Waals surface area (Å²) in [6.45, 7) is 6.77. The average molecular weight is 667 g/mol. The van der Waals surface area contributed by atoms with E-state index in [1.54, 1.807) is 21.3 Å². The molecule has 2 fully saturated rings. The molecule has 10 atom stereocenters. The summed E-state index contributed by atoms with van der Waals surface area (Å²) in [6, 6.07) is 20.8. The highest BCUT2D eigenvalue weighted by Gasteiger charge is 2.54. The van der Waals surface area contributed by atoms with E-state index in [9.17, 15) is 4.39 Å². The van der Waals surface area contributed by atoms with Crippen molar-refractivity contribution in [2.45, 2.75) is 87.3 Å². The first-order valence-electron chi connectivity index (χ1n) is 15.6. The molecule has 0 amide bonds. The molecular formula is C34H51FO10Si. The first kappa shape index (κ1) is 37.0. The van der Waals surface area contributed by atoms with E-state index in [2.05, 4.69) is 45.0 Å². The summed E-state index contributed by atoms with van der Waals surface area (Å²) < 4.78 is 74.9. The smallest absolute Gasteiger partial charge is 0.261 e. The highest BCUT2D eigenvalue weighted by Crippen LogP contribution is 2.38. The van der Waals surface area contributed by atoms with Gasteiger partial charge in [-0.15, -0.1) is 0 Å². The normalized spacial score (nSPS) is 32.4. The zero-order valence-electron chi connectivity index (χ0n) is 28.4. The molecule has 2 aliphatic heterocycles. The molecule has 2 aliphatic rings. The maximum absolute atomic E-state index is 15.0. The van der Waals surface area contributed by atoms with Gasteiger partial charge >= 0.3 is 0 Å². The third-order valence-corrected chi connectivity index (χ3v) is 14.1. The molecule has 0 unspecified atom stereocenters. The maximum atomic E-state index is 15.0. The molecule has 10 nitrogen and oxygen atoms in total. The summed E-state index contributed by atoms with van der Waals surface area (Å²) in [4.78, 5) is 0. The molecule has 0 spiro atoms. The van der Waals surface area contributed by atoms with Crippen LogP contribution < -0.4 is 10.4 Å². The van der Waals surface area contributed by atoms with Crippen molar-refractivity contribution in [3.05, 3.63) is 60.7 Å². The Hall–Kier alpha value is -1.81. The Morgan fingerprint density at radius 3 is 1.46 bits per heavy atom. The summed E-state index contributed by atoms with van der Waals surface area (Å²) in [6.07, 6.45) is -8.18. The van der Waals surface area contributed by atoms with Gasteiger partial charge in [0.15, 0.2) is 6.29 Å². The summed E-state index contributed by atoms with van der Waals surface area (Å²) in [7, 11) is 6.26. The lowest BCUT2D eigenvalue weighted by molar-refractivity contribution is -0.329. The van der Waals surface area contributed by atoms with E-state index < -0.39 is 69.8 Å². The molecule has 12 heteroatoms. The van der Waals surface area contributed by atoms with Crippen LogP contribution in [0.1, 0.15) is 20.8 Å². The predicted octanol–water partition coefficient (Wildman–Crippen LogP) is 3.09. The first-order chi connectivity index (χ1) is 22.1. The zero-order valence-corrected chi connectivity index (χ0v) is 29.4. The van der Waals surface area contributed by atoms with Gasteiger partial charge in [-0.3, -0.25) is 0 Å². The van der Waals surface area contributed by atoms with E-state index in [1.165, 1.54) is 21.3 Å². The number of alkyl halides is 1. The average Bonchev–Trinajstić information content (AvgIpc) is 3.06. The molecule has 258 valence electrons. The summed E-state index contributed by atoms with van der Waals surface area (Å²) in [5.41, 5.74) is 0. The lowest BCUT2D eigenvalue weighted by atomic mass is 9.98. The summed E-state index contributed by atoms with van der Waals surface area (Å²) >= 11 is 0. The first-order valence-corrected chi connectivity index (χ1v) is 17.5. The van der Waals surface area contributed by atoms with Crippen molar-refractivity contribution in [3.63, 3.8) is 0 Å². The van der Waals surface area contributed by atoms with Crippen molar-refractivity contribution in [2.75, 3.05) is 55.9 Å². The second-order valence-electron chi connectivity index (χ2n) is 12.6. The van der Waals surface area contributed by atoms with Crippen molar-refractivity contribution in [2.24, 2.45) is 0 Å². The van der Waals surface area contributed by atoms with Crippen molar-refractivity contribution in [1.82, 2.24) is 0 Å². The lowest BCUT2D eigenvalue weighted by Gasteiger charge is -2.48. The Bertz CT molecular complexity index is 1130. The van der Waals surface area contributed by atoms with Gasteiger partial charge in [0.2, 0.25) is 6.36 Å². The Balaban J connectivity index is 1.62. The van der Waals surface area contributed by atoms with Gasteiger partial charge < -0.3 is 47.1 Å².